The van der Waals surface area contributed by atoms with Gasteiger partial charge in [0.15, 0.2) is 6.10 Å². The summed E-state index contributed by atoms with van der Waals surface area (Å²) in [5.41, 5.74) is 0. The molecule has 462 valence electrons. The molecule has 0 saturated carbocycles. The second kappa shape index (κ2) is 60.3. The SMILES string of the molecule is CC/C=C\C/C=C\C/C=C\C/C=C\C/C=C\CCCCCCCC(=O)OC(COC(=O)CCCCCCCCCCCCCCCCCCCCCCCCCCCCCCCCCCCC)COP(=O)([O-])OCC[N+](C)(C)C. The molecule has 79 heavy (non-hydrogen) atoms. The summed E-state index contributed by atoms with van der Waals surface area (Å²) in [6, 6.07) is 0. The van der Waals surface area contributed by atoms with E-state index in [1.54, 1.807) is 0 Å². The van der Waals surface area contributed by atoms with E-state index >= 15 is 0 Å². The van der Waals surface area contributed by atoms with E-state index in [4.69, 9.17) is 18.5 Å². The molecule has 10 heteroatoms. The number of rotatable bonds is 62. The summed E-state index contributed by atoms with van der Waals surface area (Å²) in [6.07, 6.45) is 78.8. The molecule has 0 aromatic rings. The summed E-state index contributed by atoms with van der Waals surface area (Å²) in [4.78, 5) is 38.0. The van der Waals surface area contributed by atoms with Gasteiger partial charge in [-0.2, -0.15) is 0 Å². The highest BCUT2D eigenvalue weighted by Gasteiger charge is 2.22. The summed E-state index contributed by atoms with van der Waals surface area (Å²) < 4.78 is 34.2. The molecule has 0 rings (SSSR count). The molecular formula is C69H128NO8P. The van der Waals surface area contributed by atoms with Gasteiger partial charge >= 0.3 is 11.9 Å². The van der Waals surface area contributed by atoms with E-state index in [9.17, 15) is 19.0 Å². The fourth-order valence-electron chi connectivity index (χ4n) is 9.69. The fraction of sp³-hybridized carbons (Fsp3) is 0.826. The first kappa shape index (κ1) is 76.7. The van der Waals surface area contributed by atoms with Gasteiger partial charge in [-0.15, -0.1) is 0 Å². The number of likely N-dealkylation sites (N-methyl/N-ethyl adjacent to an activating group) is 1. The molecule has 0 bridgehead atoms. The molecule has 2 unspecified atom stereocenters. The van der Waals surface area contributed by atoms with E-state index in [2.05, 4.69) is 74.6 Å². The van der Waals surface area contributed by atoms with Gasteiger partial charge in [-0.25, -0.2) is 0 Å². The Morgan fingerprint density at radius 3 is 1.08 bits per heavy atom. The summed E-state index contributed by atoms with van der Waals surface area (Å²) in [5.74, 6) is -0.845. The second-order valence-corrected chi connectivity index (χ2v) is 25.2. The Bertz CT molecular complexity index is 1520. The van der Waals surface area contributed by atoms with Gasteiger partial charge in [0.1, 0.15) is 19.8 Å². The van der Waals surface area contributed by atoms with Crippen LogP contribution in [0.3, 0.4) is 0 Å². The van der Waals surface area contributed by atoms with E-state index in [0.717, 1.165) is 83.5 Å². The molecule has 0 radical (unpaired) electrons. The molecular weight excluding hydrogens is 1000 g/mol. The van der Waals surface area contributed by atoms with Crippen LogP contribution in [0.15, 0.2) is 60.8 Å². The van der Waals surface area contributed by atoms with Crippen molar-refractivity contribution in [2.75, 3.05) is 47.5 Å². The number of ether oxygens (including phenoxy) is 2. The quantitative estimate of drug-likeness (QED) is 0.0195. The van der Waals surface area contributed by atoms with Crippen molar-refractivity contribution in [1.82, 2.24) is 0 Å². The van der Waals surface area contributed by atoms with Gasteiger partial charge in [0.2, 0.25) is 0 Å². The summed E-state index contributed by atoms with van der Waals surface area (Å²) in [6.45, 7) is 4.14. The maximum absolute atomic E-state index is 12.8. The highest BCUT2D eigenvalue weighted by atomic mass is 31.2. The maximum Gasteiger partial charge on any atom is 0.306 e. The van der Waals surface area contributed by atoms with E-state index in [1.807, 2.05) is 21.1 Å². The third kappa shape index (κ3) is 64.7. The van der Waals surface area contributed by atoms with Crippen LogP contribution in [-0.4, -0.2) is 70.0 Å². The van der Waals surface area contributed by atoms with E-state index in [1.165, 1.54) is 199 Å². The Morgan fingerprint density at radius 1 is 0.405 bits per heavy atom. The Labute approximate surface area is 489 Å². The number of carbonyl (C=O) groups is 2. The molecule has 0 aromatic carbocycles. The molecule has 0 N–H and O–H groups in total. The lowest BCUT2D eigenvalue weighted by atomic mass is 10.0. The van der Waals surface area contributed by atoms with Gasteiger partial charge in [0, 0.05) is 12.8 Å². The number of allylic oxidation sites excluding steroid dienone is 10. The smallest absolute Gasteiger partial charge is 0.306 e. The highest BCUT2D eigenvalue weighted by Crippen LogP contribution is 2.38. The number of phosphoric ester groups is 1. The lowest BCUT2D eigenvalue weighted by Gasteiger charge is -2.28. The lowest BCUT2D eigenvalue weighted by molar-refractivity contribution is -0.870. The molecule has 2 atom stereocenters. The van der Waals surface area contributed by atoms with Gasteiger partial charge in [-0.05, 0) is 57.8 Å². The standard InChI is InChI=1S/C69H128NO8P/c1-6-8-10-12-14-16-18-20-22-24-26-28-29-30-31-32-33-34-35-36-37-38-39-40-42-43-45-47-49-51-53-55-57-59-61-68(71)75-65-67(66-77-79(73,74)76-64-63-70(3,4)5)78-69(72)62-60-58-56-54-52-50-48-46-44-41-27-25-23-21-19-17-15-13-11-9-7-2/h9,11,15,17,21,23,27,41,46,48,67H,6-8,10,12-14,16,18-20,22,24-26,28-40,42-45,47,49-66H2,1-5H3/b11-9-,17-15-,23-21-,41-27-,48-46-. The fourth-order valence-corrected chi connectivity index (χ4v) is 10.4. The Hall–Kier alpha value is -2.29. The summed E-state index contributed by atoms with van der Waals surface area (Å²) >= 11 is 0. The van der Waals surface area contributed by atoms with E-state index in [-0.39, 0.29) is 32.0 Å². The molecule has 0 heterocycles. The zero-order valence-electron chi connectivity index (χ0n) is 52.6. The van der Waals surface area contributed by atoms with Gasteiger partial charge in [-0.1, -0.05) is 306 Å². The Balaban J connectivity index is 4.00. The molecule has 0 amide bonds. The van der Waals surface area contributed by atoms with Crippen molar-refractivity contribution in [2.24, 2.45) is 0 Å². The highest BCUT2D eigenvalue weighted by molar-refractivity contribution is 7.45. The average Bonchev–Trinajstić information content (AvgIpc) is 3.41. The van der Waals surface area contributed by atoms with Crippen LogP contribution in [0.2, 0.25) is 0 Å². The number of carbonyl (C=O) groups excluding carboxylic acids is 2. The predicted molar refractivity (Wildman–Crippen MR) is 337 cm³/mol. The largest absolute Gasteiger partial charge is 0.756 e. The minimum Gasteiger partial charge on any atom is -0.756 e. The van der Waals surface area contributed by atoms with Crippen LogP contribution < -0.4 is 4.89 Å². The molecule has 0 saturated heterocycles. The van der Waals surface area contributed by atoms with Crippen molar-refractivity contribution in [3.8, 4) is 0 Å². The minimum absolute atomic E-state index is 0.0359. The topological polar surface area (TPSA) is 111 Å². The molecule has 0 aliphatic rings. The van der Waals surface area contributed by atoms with Crippen LogP contribution in [0, 0.1) is 0 Å². The monoisotopic (exact) mass is 1130 g/mol. The van der Waals surface area contributed by atoms with Crippen molar-refractivity contribution < 1.29 is 42.1 Å². The second-order valence-electron chi connectivity index (χ2n) is 23.8. The van der Waals surface area contributed by atoms with Crippen molar-refractivity contribution in [3.63, 3.8) is 0 Å². The van der Waals surface area contributed by atoms with Crippen LogP contribution in [0.4, 0.5) is 0 Å². The van der Waals surface area contributed by atoms with Gasteiger partial charge in [-0.3, -0.25) is 14.2 Å². The third-order valence-electron chi connectivity index (χ3n) is 14.8. The Kier molecular flexibility index (Phi) is 58.6. The Morgan fingerprint density at radius 2 is 0.722 bits per heavy atom. The van der Waals surface area contributed by atoms with Crippen LogP contribution in [0.1, 0.15) is 316 Å². The van der Waals surface area contributed by atoms with Crippen molar-refractivity contribution >= 4 is 19.8 Å². The molecule has 0 fully saturated rings. The van der Waals surface area contributed by atoms with E-state index < -0.39 is 26.5 Å². The van der Waals surface area contributed by atoms with Gasteiger partial charge in [0.05, 0.1) is 27.7 Å². The summed E-state index contributed by atoms with van der Waals surface area (Å²) in [7, 11) is 1.16. The normalized spacial score (nSPS) is 13.5. The minimum atomic E-state index is -4.65. The molecule has 0 aromatic heterocycles. The molecule has 0 aliphatic carbocycles. The van der Waals surface area contributed by atoms with Gasteiger partial charge < -0.3 is 27.9 Å². The average molecular weight is 1130 g/mol. The van der Waals surface area contributed by atoms with Crippen molar-refractivity contribution in [2.45, 2.75) is 322 Å². The van der Waals surface area contributed by atoms with Crippen LogP contribution in [0.25, 0.3) is 0 Å². The summed E-state index contributed by atoms with van der Waals surface area (Å²) in [5, 5.41) is 0. The molecule has 9 nitrogen and oxygen atoms in total. The van der Waals surface area contributed by atoms with E-state index in [0.29, 0.717) is 17.4 Å². The van der Waals surface area contributed by atoms with Crippen LogP contribution in [-0.2, 0) is 32.7 Å². The number of hydrogen-bond donors (Lipinski definition) is 0. The first-order valence-corrected chi connectivity index (χ1v) is 35.0. The van der Waals surface area contributed by atoms with Gasteiger partial charge in [0.25, 0.3) is 7.82 Å². The maximum atomic E-state index is 12.8. The number of hydrogen-bond acceptors (Lipinski definition) is 8. The number of unbranched alkanes of at least 4 members (excludes halogenated alkanes) is 38. The van der Waals surface area contributed by atoms with Crippen molar-refractivity contribution in [1.29, 1.82) is 0 Å². The molecule has 0 aliphatic heterocycles. The van der Waals surface area contributed by atoms with Crippen molar-refractivity contribution in [3.05, 3.63) is 60.8 Å². The number of quaternary nitrogens is 1. The first-order valence-electron chi connectivity index (χ1n) is 33.5. The number of phosphoric acid groups is 1. The zero-order chi connectivity index (χ0) is 57.7. The zero-order valence-corrected chi connectivity index (χ0v) is 53.5. The van der Waals surface area contributed by atoms with Crippen LogP contribution >= 0.6 is 7.82 Å². The lowest BCUT2D eigenvalue weighted by Crippen LogP contribution is -2.37. The molecule has 0 spiro atoms. The first-order chi connectivity index (χ1) is 38.5. The third-order valence-corrected chi connectivity index (χ3v) is 15.8. The number of esters is 2. The predicted octanol–water partition coefficient (Wildman–Crippen LogP) is 20.8. The van der Waals surface area contributed by atoms with Crippen LogP contribution in [0.5, 0.6) is 0 Å². The number of nitrogens with zero attached hydrogens (tertiary/aromatic N) is 1.